The van der Waals surface area contributed by atoms with E-state index in [1.165, 1.54) is 31.4 Å². The monoisotopic (exact) mass is 417 g/mol. The molecule has 1 N–H and O–H groups in total. The summed E-state index contributed by atoms with van der Waals surface area (Å²) in [6.45, 7) is 1.73. The normalized spacial score (nSPS) is 12.7. The molecule has 29 heavy (non-hydrogen) atoms. The predicted octanol–water partition coefficient (Wildman–Crippen LogP) is 3.77. The maximum atomic E-state index is 13.9. The van der Waals surface area contributed by atoms with Crippen molar-refractivity contribution in [1.29, 1.82) is 0 Å². The van der Waals surface area contributed by atoms with E-state index in [2.05, 4.69) is 0 Å². The van der Waals surface area contributed by atoms with E-state index in [9.17, 15) is 22.7 Å². The Balaban J connectivity index is 2.26. The summed E-state index contributed by atoms with van der Waals surface area (Å²) in [4.78, 5) is 11.8. The SMILES string of the molecule is COC(C(=O)O)c1cc(-c2ccc(S(C)(=O)=O)cc2)n(-c2cccc(F)c2)c1C. The van der Waals surface area contributed by atoms with Crippen molar-refractivity contribution in [2.24, 2.45) is 0 Å². The molecule has 3 aromatic rings. The van der Waals surface area contributed by atoms with Crippen molar-refractivity contribution in [2.45, 2.75) is 17.9 Å². The van der Waals surface area contributed by atoms with Crippen molar-refractivity contribution in [3.8, 4) is 16.9 Å². The van der Waals surface area contributed by atoms with Crippen LogP contribution in [0.1, 0.15) is 17.4 Å². The highest BCUT2D eigenvalue weighted by Crippen LogP contribution is 2.34. The van der Waals surface area contributed by atoms with Crippen LogP contribution in [0.25, 0.3) is 16.9 Å². The fourth-order valence-electron chi connectivity index (χ4n) is 3.29. The van der Waals surface area contributed by atoms with Crippen LogP contribution in [0.4, 0.5) is 4.39 Å². The molecular weight excluding hydrogens is 397 g/mol. The van der Waals surface area contributed by atoms with Gasteiger partial charge in [0.1, 0.15) is 5.82 Å². The van der Waals surface area contributed by atoms with Crippen LogP contribution >= 0.6 is 0 Å². The third kappa shape index (κ3) is 4.08. The molecule has 0 fully saturated rings. The van der Waals surface area contributed by atoms with Gasteiger partial charge in [0.05, 0.1) is 10.6 Å². The van der Waals surface area contributed by atoms with E-state index in [-0.39, 0.29) is 4.90 Å². The molecule has 152 valence electrons. The third-order valence-corrected chi connectivity index (χ3v) is 5.80. The Morgan fingerprint density at radius 1 is 1.14 bits per heavy atom. The van der Waals surface area contributed by atoms with Crippen molar-refractivity contribution in [3.05, 3.63) is 71.7 Å². The zero-order chi connectivity index (χ0) is 21.3. The number of aromatic nitrogens is 1. The molecule has 6 nitrogen and oxygen atoms in total. The maximum absolute atomic E-state index is 13.9. The lowest BCUT2D eigenvalue weighted by Gasteiger charge is -2.14. The van der Waals surface area contributed by atoms with Gasteiger partial charge < -0.3 is 14.4 Å². The highest BCUT2D eigenvalue weighted by atomic mass is 32.2. The highest BCUT2D eigenvalue weighted by molar-refractivity contribution is 7.90. The number of carboxylic acids is 1. The first-order valence-electron chi connectivity index (χ1n) is 8.67. The number of hydrogen-bond acceptors (Lipinski definition) is 4. The molecule has 2 aromatic carbocycles. The van der Waals surface area contributed by atoms with Gasteiger partial charge in [-0.05, 0) is 48.9 Å². The molecule has 0 aliphatic heterocycles. The Morgan fingerprint density at radius 3 is 2.31 bits per heavy atom. The Kier molecular flexibility index (Phi) is 5.59. The average molecular weight is 417 g/mol. The van der Waals surface area contributed by atoms with Crippen LogP contribution in [0, 0.1) is 12.7 Å². The number of aliphatic carboxylic acids is 1. The summed E-state index contributed by atoms with van der Waals surface area (Å²) in [7, 11) is -2.05. The zero-order valence-corrected chi connectivity index (χ0v) is 16.9. The quantitative estimate of drug-likeness (QED) is 0.660. The molecule has 0 aliphatic rings. The summed E-state index contributed by atoms with van der Waals surface area (Å²) in [5, 5.41) is 9.50. The number of benzene rings is 2. The summed E-state index contributed by atoms with van der Waals surface area (Å²) in [5.41, 5.74) is 2.75. The number of ether oxygens (including phenoxy) is 1. The minimum absolute atomic E-state index is 0.169. The van der Waals surface area contributed by atoms with E-state index in [1.54, 1.807) is 41.8 Å². The molecule has 0 bridgehead atoms. The van der Waals surface area contributed by atoms with Crippen molar-refractivity contribution >= 4 is 15.8 Å². The molecule has 1 unspecified atom stereocenters. The Labute approximate surface area is 168 Å². The first-order valence-corrected chi connectivity index (χ1v) is 10.6. The van der Waals surface area contributed by atoms with E-state index in [1.807, 2.05) is 0 Å². The van der Waals surface area contributed by atoms with Gasteiger partial charge >= 0.3 is 5.97 Å². The fraction of sp³-hybridized carbons (Fsp3) is 0.190. The summed E-state index contributed by atoms with van der Waals surface area (Å²) in [6.07, 6.45) is -0.0747. The molecule has 8 heteroatoms. The van der Waals surface area contributed by atoms with Gasteiger partial charge in [0.15, 0.2) is 15.9 Å². The van der Waals surface area contributed by atoms with Crippen LogP contribution in [-0.4, -0.2) is 37.4 Å². The van der Waals surface area contributed by atoms with Crippen molar-refractivity contribution < 1.29 is 27.4 Å². The molecule has 0 saturated carbocycles. The molecule has 0 aliphatic carbocycles. The maximum Gasteiger partial charge on any atom is 0.337 e. The van der Waals surface area contributed by atoms with Gasteiger partial charge in [-0.3, -0.25) is 0 Å². The van der Waals surface area contributed by atoms with Gasteiger partial charge in [-0.1, -0.05) is 18.2 Å². The molecule has 1 heterocycles. The lowest BCUT2D eigenvalue weighted by Crippen LogP contribution is -2.14. The van der Waals surface area contributed by atoms with Crippen molar-refractivity contribution in [1.82, 2.24) is 4.57 Å². The van der Waals surface area contributed by atoms with Gasteiger partial charge in [0, 0.05) is 30.3 Å². The van der Waals surface area contributed by atoms with Crippen LogP contribution < -0.4 is 0 Å². The largest absolute Gasteiger partial charge is 0.479 e. The van der Waals surface area contributed by atoms with Crippen LogP contribution in [0.2, 0.25) is 0 Å². The second kappa shape index (κ2) is 7.81. The lowest BCUT2D eigenvalue weighted by atomic mass is 10.1. The first-order chi connectivity index (χ1) is 13.6. The van der Waals surface area contributed by atoms with Gasteiger partial charge in [-0.15, -0.1) is 0 Å². The number of nitrogens with zero attached hydrogens (tertiary/aromatic N) is 1. The van der Waals surface area contributed by atoms with Gasteiger partial charge in [0.2, 0.25) is 0 Å². The standard InChI is InChI=1S/C21H20FNO5S/c1-13-18(20(28-2)21(24)25)12-19(23(13)16-6-4-5-15(22)11-16)14-7-9-17(10-8-14)29(3,26)27/h4-12,20H,1-3H3,(H,24,25). The molecule has 0 spiro atoms. The highest BCUT2D eigenvalue weighted by Gasteiger charge is 2.26. The van der Waals surface area contributed by atoms with E-state index >= 15 is 0 Å². The topological polar surface area (TPSA) is 85.6 Å². The zero-order valence-electron chi connectivity index (χ0n) is 16.1. The van der Waals surface area contributed by atoms with E-state index < -0.39 is 27.7 Å². The fourth-order valence-corrected chi connectivity index (χ4v) is 3.92. The molecule has 1 atom stereocenters. The number of carboxylic acid groups (broad SMARTS) is 1. The van der Waals surface area contributed by atoms with Gasteiger partial charge in [0.25, 0.3) is 0 Å². The third-order valence-electron chi connectivity index (χ3n) is 4.67. The van der Waals surface area contributed by atoms with Crippen LogP contribution in [-0.2, 0) is 19.4 Å². The van der Waals surface area contributed by atoms with Crippen molar-refractivity contribution in [3.63, 3.8) is 0 Å². The molecule has 0 amide bonds. The second-order valence-corrected chi connectivity index (χ2v) is 8.65. The van der Waals surface area contributed by atoms with E-state index in [0.29, 0.717) is 28.2 Å². The number of hydrogen-bond donors (Lipinski definition) is 1. The number of methoxy groups -OCH3 is 1. The van der Waals surface area contributed by atoms with Crippen molar-refractivity contribution in [2.75, 3.05) is 13.4 Å². The van der Waals surface area contributed by atoms with Crippen LogP contribution in [0.3, 0.4) is 0 Å². The number of halogens is 1. The van der Waals surface area contributed by atoms with Gasteiger partial charge in [-0.25, -0.2) is 17.6 Å². The van der Waals surface area contributed by atoms with E-state index in [0.717, 1.165) is 6.26 Å². The molecule has 0 saturated heterocycles. The number of carbonyl (C=O) groups is 1. The number of sulfone groups is 1. The predicted molar refractivity (Wildman–Crippen MR) is 106 cm³/mol. The number of rotatable bonds is 6. The molecule has 1 aromatic heterocycles. The summed E-state index contributed by atoms with van der Waals surface area (Å²) in [5.74, 6) is -1.58. The van der Waals surface area contributed by atoms with Gasteiger partial charge in [-0.2, -0.15) is 0 Å². The Hall–Kier alpha value is -2.97. The average Bonchev–Trinajstić information content (AvgIpc) is 2.98. The van der Waals surface area contributed by atoms with E-state index in [4.69, 9.17) is 4.74 Å². The first kappa shape index (κ1) is 20.8. The molecule has 0 radical (unpaired) electrons. The van der Waals surface area contributed by atoms with Crippen LogP contribution in [0.5, 0.6) is 0 Å². The minimum atomic E-state index is -3.36. The minimum Gasteiger partial charge on any atom is -0.479 e. The second-order valence-electron chi connectivity index (χ2n) is 6.64. The Bertz CT molecular complexity index is 1170. The smallest absolute Gasteiger partial charge is 0.337 e. The summed E-state index contributed by atoms with van der Waals surface area (Å²) in [6, 6.07) is 13.8. The van der Waals surface area contributed by atoms with Crippen LogP contribution in [0.15, 0.2) is 59.5 Å². The molecular formula is C21H20FNO5S. The molecule has 3 rings (SSSR count). The summed E-state index contributed by atoms with van der Waals surface area (Å²) < 4.78 is 44.2. The summed E-state index contributed by atoms with van der Waals surface area (Å²) >= 11 is 0. The Morgan fingerprint density at radius 2 is 1.79 bits per heavy atom. The lowest BCUT2D eigenvalue weighted by molar-refractivity contribution is -0.148.